The van der Waals surface area contributed by atoms with Crippen LogP contribution in [0.25, 0.3) is 0 Å². The van der Waals surface area contributed by atoms with Crippen molar-refractivity contribution in [3.8, 4) is 5.75 Å². The van der Waals surface area contributed by atoms with Crippen LogP contribution in [0.3, 0.4) is 0 Å². The van der Waals surface area contributed by atoms with E-state index in [0.717, 1.165) is 45.9 Å². The molecule has 1 heterocycles. The lowest BCUT2D eigenvalue weighted by atomic mass is 9.78. The molecular formula is C33H39N3O2. The van der Waals surface area contributed by atoms with Gasteiger partial charge < -0.3 is 20.3 Å². The van der Waals surface area contributed by atoms with Gasteiger partial charge >= 0.3 is 0 Å². The number of benzene rings is 3. The van der Waals surface area contributed by atoms with Gasteiger partial charge in [0.05, 0.1) is 24.5 Å². The number of ether oxygens (including phenoxy) is 1. The fraction of sp³-hybridized carbons (Fsp3) is 0.364. The van der Waals surface area contributed by atoms with E-state index in [0.29, 0.717) is 18.5 Å². The minimum absolute atomic E-state index is 0.125. The molecule has 3 aromatic rings. The Morgan fingerprint density at radius 1 is 0.895 bits per heavy atom. The number of methoxy groups -OCH3 is 1. The maximum Gasteiger partial charge on any atom is 0.163 e. The Hall–Kier alpha value is -3.73. The predicted octanol–water partition coefficient (Wildman–Crippen LogP) is 7.61. The summed E-state index contributed by atoms with van der Waals surface area (Å²) in [5.41, 5.74) is 8.59. The molecule has 5 nitrogen and oxygen atoms in total. The number of aryl methyl sites for hydroxylation is 1. The number of carbonyl (C=O) groups is 1. The zero-order valence-electron chi connectivity index (χ0n) is 23.3. The van der Waals surface area contributed by atoms with Crippen LogP contribution < -0.4 is 20.3 Å². The van der Waals surface area contributed by atoms with Crippen LogP contribution in [0.1, 0.15) is 69.2 Å². The number of hydrogen-bond acceptors (Lipinski definition) is 5. The van der Waals surface area contributed by atoms with Crippen LogP contribution in [0, 0.1) is 6.92 Å². The molecule has 0 saturated carbocycles. The average Bonchev–Trinajstić information content (AvgIpc) is 3.05. The van der Waals surface area contributed by atoms with Crippen LogP contribution in [-0.4, -0.2) is 25.0 Å². The molecule has 2 atom stereocenters. The van der Waals surface area contributed by atoms with E-state index in [1.807, 2.05) is 24.3 Å². The maximum absolute atomic E-state index is 13.9. The zero-order chi connectivity index (χ0) is 27.0. The standard InChI is InChI=1S/C33H39N3O2/c1-20(2)36(21(3)4)25-13-16-27(22(5)17-25)33-32-30(34-28-9-7-8-10-29(28)35-33)18-24(19-31(32)37)23-11-14-26(38-6)15-12-23/h7-17,20-21,24,33-35H,18-19H2,1-6H3. The molecule has 2 aliphatic rings. The van der Waals surface area contributed by atoms with Crippen LogP contribution in [-0.2, 0) is 4.79 Å². The Bertz CT molecular complexity index is 1350. The molecule has 0 fully saturated rings. The molecule has 0 amide bonds. The second kappa shape index (κ2) is 10.6. The molecule has 0 aromatic heterocycles. The van der Waals surface area contributed by atoms with Gasteiger partial charge in [0.15, 0.2) is 5.78 Å². The number of carbonyl (C=O) groups excluding carboxylic acids is 1. The second-order valence-corrected chi connectivity index (χ2v) is 11.1. The summed E-state index contributed by atoms with van der Waals surface area (Å²) in [6.07, 6.45) is 1.28. The first kappa shape index (κ1) is 25.9. The van der Waals surface area contributed by atoms with Gasteiger partial charge in [-0.1, -0.05) is 30.3 Å². The van der Waals surface area contributed by atoms with Crippen LogP contribution >= 0.6 is 0 Å². The summed E-state index contributed by atoms with van der Waals surface area (Å²) in [6.45, 7) is 11.1. The van der Waals surface area contributed by atoms with E-state index >= 15 is 0 Å². The number of Topliss-reactive ketones (excluding diaryl/α,β-unsaturated/α-hetero) is 1. The smallest absolute Gasteiger partial charge is 0.163 e. The number of hydrogen-bond donors (Lipinski definition) is 2. The van der Waals surface area contributed by atoms with Gasteiger partial charge in [0.2, 0.25) is 0 Å². The number of para-hydroxylation sites is 2. The Morgan fingerprint density at radius 3 is 2.21 bits per heavy atom. The lowest BCUT2D eigenvalue weighted by Crippen LogP contribution is -2.37. The van der Waals surface area contributed by atoms with Crippen molar-refractivity contribution in [3.05, 3.63) is 94.7 Å². The van der Waals surface area contributed by atoms with Crippen molar-refractivity contribution in [1.82, 2.24) is 0 Å². The summed E-state index contributed by atoms with van der Waals surface area (Å²) >= 11 is 0. The molecule has 1 aliphatic heterocycles. The first-order chi connectivity index (χ1) is 18.3. The normalized spacial score (nSPS) is 18.9. The van der Waals surface area contributed by atoms with Crippen molar-refractivity contribution in [1.29, 1.82) is 0 Å². The van der Waals surface area contributed by atoms with E-state index < -0.39 is 0 Å². The summed E-state index contributed by atoms with van der Waals surface area (Å²) in [6, 6.07) is 23.6. The highest BCUT2D eigenvalue weighted by Crippen LogP contribution is 2.45. The summed E-state index contributed by atoms with van der Waals surface area (Å²) in [5, 5.41) is 7.39. The third kappa shape index (κ3) is 4.90. The summed E-state index contributed by atoms with van der Waals surface area (Å²) < 4.78 is 5.34. The van der Waals surface area contributed by atoms with E-state index in [2.05, 4.69) is 92.6 Å². The third-order valence-corrected chi connectivity index (χ3v) is 7.87. The van der Waals surface area contributed by atoms with Gasteiger partial charge in [0.25, 0.3) is 0 Å². The van der Waals surface area contributed by atoms with Gasteiger partial charge in [-0.3, -0.25) is 4.79 Å². The minimum atomic E-state index is -0.217. The summed E-state index contributed by atoms with van der Waals surface area (Å²) in [4.78, 5) is 16.4. The van der Waals surface area contributed by atoms with Gasteiger partial charge in [-0.15, -0.1) is 0 Å². The number of ketones is 1. The molecule has 0 saturated heterocycles. The van der Waals surface area contributed by atoms with Crippen molar-refractivity contribution < 1.29 is 9.53 Å². The van der Waals surface area contributed by atoms with E-state index in [1.165, 1.54) is 11.3 Å². The molecule has 5 heteroatoms. The fourth-order valence-corrected chi connectivity index (χ4v) is 6.17. The largest absolute Gasteiger partial charge is 0.497 e. The van der Waals surface area contributed by atoms with E-state index in [4.69, 9.17) is 4.74 Å². The Morgan fingerprint density at radius 2 is 1.58 bits per heavy atom. The first-order valence-electron chi connectivity index (χ1n) is 13.7. The topological polar surface area (TPSA) is 53.6 Å². The molecule has 1 aliphatic carbocycles. The Balaban J connectivity index is 1.57. The van der Waals surface area contributed by atoms with Crippen LogP contribution in [0.4, 0.5) is 17.1 Å². The molecule has 2 N–H and O–H groups in total. The zero-order valence-corrected chi connectivity index (χ0v) is 23.3. The fourth-order valence-electron chi connectivity index (χ4n) is 6.17. The maximum atomic E-state index is 13.9. The van der Waals surface area contributed by atoms with E-state index in [1.54, 1.807) is 7.11 Å². The molecule has 0 bridgehead atoms. The number of fused-ring (bicyclic) bond motifs is 1. The van der Waals surface area contributed by atoms with Crippen molar-refractivity contribution in [2.75, 3.05) is 22.6 Å². The van der Waals surface area contributed by atoms with E-state index in [9.17, 15) is 4.79 Å². The molecule has 3 aromatic carbocycles. The van der Waals surface area contributed by atoms with Crippen molar-refractivity contribution in [2.45, 2.75) is 71.5 Å². The second-order valence-electron chi connectivity index (χ2n) is 11.1. The number of anilines is 3. The lowest BCUT2D eigenvalue weighted by Gasteiger charge is -2.34. The van der Waals surface area contributed by atoms with Crippen molar-refractivity contribution in [2.24, 2.45) is 0 Å². The number of nitrogens with zero attached hydrogens (tertiary/aromatic N) is 1. The minimum Gasteiger partial charge on any atom is -0.497 e. The molecule has 0 spiro atoms. The van der Waals surface area contributed by atoms with Crippen LogP contribution in [0.15, 0.2) is 78.0 Å². The quantitative estimate of drug-likeness (QED) is 0.358. The van der Waals surface area contributed by atoms with E-state index in [-0.39, 0.29) is 17.7 Å². The number of nitrogens with one attached hydrogen (secondary N) is 2. The predicted molar refractivity (Wildman–Crippen MR) is 157 cm³/mol. The van der Waals surface area contributed by atoms with Gasteiger partial charge in [-0.05, 0) is 100 Å². The average molecular weight is 510 g/mol. The monoisotopic (exact) mass is 509 g/mol. The SMILES string of the molecule is COc1ccc(C2CC(=O)C3=C(C2)Nc2ccccc2NC3c2ccc(N(C(C)C)C(C)C)cc2C)cc1. The first-order valence-corrected chi connectivity index (χ1v) is 13.7. The summed E-state index contributed by atoms with van der Waals surface area (Å²) in [7, 11) is 1.67. The highest BCUT2D eigenvalue weighted by atomic mass is 16.5. The highest BCUT2D eigenvalue weighted by Gasteiger charge is 2.36. The van der Waals surface area contributed by atoms with Crippen molar-refractivity contribution in [3.63, 3.8) is 0 Å². The summed E-state index contributed by atoms with van der Waals surface area (Å²) in [5.74, 6) is 1.15. The molecule has 2 unspecified atom stereocenters. The van der Waals surface area contributed by atoms with Gasteiger partial charge in [0, 0.05) is 35.5 Å². The molecule has 0 radical (unpaired) electrons. The highest BCUT2D eigenvalue weighted by molar-refractivity contribution is 6.01. The van der Waals surface area contributed by atoms with Gasteiger partial charge in [-0.25, -0.2) is 0 Å². The lowest BCUT2D eigenvalue weighted by molar-refractivity contribution is -0.116. The number of rotatable bonds is 6. The van der Waals surface area contributed by atoms with Crippen LogP contribution in [0.2, 0.25) is 0 Å². The third-order valence-electron chi connectivity index (χ3n) is 7.87. The van der Waals surface area contributed by atoms with Gasteiger partial charge in [0.1, 0.15) is 5.75 Å². The van der Waals surface area contributed by atoms with Gasteiger partial charge in [-0.2, -0.15) is 0 Å². The number of allylic oxidation sites excluding steroid dienone is 1. The molecule has 198 valence electrons. The van der Waals surface area contributed by atoms with Crippen LogP contribution in [0.5, 0.6) is 5.75 Å². The molecular weight excluding hydrogens is 470 g/mol. The molecule has 38 heavy (non-hydrogen) atoms. The molecule has 5 rings (SSSR count). The van der Waals surface area contributed by atoms with Crippen molar-refractivity contribution >= 4 is 22.8 Å². The Kier molecular flexibility index (Phi) is 7.20. The Labute approximate surface area is 226 Å².